The summed E-state index contributed by atoms with van der Waals surface area (Å²) in [5.74, 6) is 33.2. The Labute approximate surface area is 887 Å². The smallest absolute Gasteiger partial charge is 0.313 e. The maximum Gasteiger partial charge on any atom is 0.313 e. The molecule has 35 fully saturated rings. The molecule has 35 rings (SSSR count). The predicted octanol–water partition coefficient (Wildman–Crippen LogP) is 36.6. The molecule has 0 aliphatic heterocycles. The highest BCUT2D eigenvalue weighted by Crippen LogP contribution is 2.82. The molecule has 0 saturated heterocycles. The van der Waals surface area contributed by atoms with Crippen molar-refractivity contribution in [1.82, 2.24) is 0 Å². The molecule has 12 heteroatoms. The SMILES string of the molecule is C.C.C.C.C.C.C.C.C.C.CC.CC.CC.CC.CC.CCC(C)(C)C(=O)OC(C)(C)C12CC3C4CC5CC3C(C1)C(C5)C4C2.CCC(C)(C)C(=O)OC(C)(C)C12CC3CC4C5CC(CC41)CC2C5C3.CCC(C)(C)C(=O)OC(C)OC12CC3C4CC5CC3C(C1)C(C5)C4C2.CCC(C)(C)C(=O)OC(C)OC12CC3CC4C5CC(CC41)CC2C5C3.CCC(C)(C)C(=O)OC1(C)C2CC3C4CC5CC3C1C(C5)C4C2. The molecule has 35 saturated carbocycles. The molecule has 35 aliphatic rings. The topological polar surface area (TPSA) is 150 Å². The van der Waals surface area contributed by atoms with Gasteiger partial charge in [0.05, 0.1) is 38.3 Å². The van der Waals surface area contributed by atoms with Gasteiger partial charge in [0.25, 0.3) is 0 Å². The highest BCUT2D eigenvalue weighted by molar-refractivity contribution is 5.78. The minimum Gasteiger partial charge on any atom is -0.459 e. The van der Waals surface area contributed by atoms with E-state index >= 15 is 0 Å². The third kappa shape index (κ3) is 20.6. The van der Waals surface area contributed by atoms with Crippen LogP contribution in [0.15, 0.2) is 0 Å². The van der Waals surface area contributed by atoms with Gasteiger partial charge in [-0.1, -0.05) is 178 Å². The Balaban J connectivity index is 0.000000263. The fourth-order valence-corrected chi connectivity index (χ4v) is 40.6. The number of hydrogen-bond donors (Lipinski definition) is 0. The van der Waals surface area contributed by atoms with E-state index in [1.807, 2.05) is 166 Å². The second-order valence-electron chi connectivity index (χ2n) is 54.8. The third-order valence-corrected chi connectivity index (χ3v) is 47.5. The molecule has 838 valence electrons. The Morgan fingerprint density at radius 1 is 0.266 bits per heavy atom. The van der Waals surface area contributed by atoms with E-state index in [0.717, 1.165) is 233 Å². The van der Waals surface area contributed by atoms with E-state index in [1.165, 1.54) is 186 Å². The molecule has 15 unspecified atom stereocenters. The second-order valence-corrected chi connectivity index (χ2v) is 54.8. The Kier molecular flexibility index (Phi) is 41.9. The van der Waals surface area contributed by atoms with Crippen molar-refractivity contribution in [3.63, 3.8) is 0 Å². The van der Waals surface area contributed by atoms with Crippen molar-refractivity contribution in [3.05, 3.63) is 0 Å². The van der Waals surface area contributed by atoms with E-state index < -0.39 is 23.4 Å². The zero-order valence-corrected chi connectivity index (χ0v) is 91.4. The van der Waals surface area contributed by atoms with Crippen LogP contribution in [0.1, 0.15) is 514 Å². The Bertz CT molecular complexity index is 3900. The van der Waals surface area contributed by atoms with Gasteiger partial charge in [0, 0.05) is 16.7 Å². The van der Waals surface area contributed by atoms with Gasteiger partial charge in [0.1, 0.15) is 16.8 Å². The lowest BCUT2D eigenvalue weighted by Gasteiger charge is -2.77. The maximum atomic E-state index is 13.0. The van der Waals surface area contributed by atoms with Gasteiger partial charge in [0.15, 0.2) is 0 Å². The summed E-state index contributed by atoms with van der Waals surface area (Å²) in [5.41, 5.74) is -2.14. The number of ether oxygens (including phenoxy) is 7. The summed E-state index contributed by atoms with van der Waals surface area (Å²) in [6.07, 6.45) is 44.2. The number of carbonyl (C=O) groups is 5. The van der Waals surface area contributed by atoms with Crippen molar-refractivity contribution >= 4 is 29.8 Å². The first-order chi connectivity index (χ1) is 62.9. The van der Waals surface area contributed by atoms with Gasteiger partial charge < -0.3 is 33.2 Å². The van der Waals surface area contributed by atoms with Gasteiger partial charge in [-0.05, 0) is 543 Å². The molecular weight excluding hydrogens is 1770 g/mol. The first kappa shape index (κ1) is 129. The fourth-order valence-electron chi connectivity index (χ4n) is 40.6. The molecule has 0 spiro atoms. The summed E-state index contributed by atoms with van der Waals surface area (Å²) in [4.78, 5) is 63.6. The lowest BCUT2D eigenvalue weighted by atomic mass is 9.28. The molecule has 143 heavy (non-hydrogen) atoms. The minimum absolute atomic E-state index is 0. The molecule has 15 atom stereocenters. The van der Waals surface area contributed by atoms with Crippen LogP contribution in [0, 0.1) is 251 Å². The molecule has 0 amide bonds. The molecule has 12 nitrogen and oxygen atoms in total. The number of esters is 5. The minimum atomic E-state index is -0.420. The van der Waals surface area contributed by atoms with Gasteiger partial charge in [-0.25, -0.2) is 0 Å². The highest BCUT2D eigenvalue weighted by Gasteiger charge is 2.78. The van der Waals surface area contributed by atoms with E-state index in [9.17, 15) is 24.0 Å². The van der Waals surface area contributed by atoms with Crippen molar-refractivity contribution in [2.45, 2.75) is 555 Å². The molecular formula is C131H242O12. The standard InChI is InChI=1S/2C23H36O2.2C22H34O3.C21H32O2.5C2H6.10CH4/c1-6-21(2,3)20(24)25-22(4,5)23-12-14-8-16-15-7-13(10-18(16)23)11-19(23)17(15)9-14;1-6-21(2,3)20(24)25-22(4,5)23-10-17-14-7-13-8-15(17)19(12-23)16(9-13)18(14)11-23;1-5-21(3,4)20(23)24-12(2)25-22-11-14-7-16-15-6-13(9-18(16)22)10-19(22)17(15)8-14;1-5-21(3,4)20(23)24-12(2)25-22-9-17-14-6-13-7-15(17)19(11-22)16(8-13)18(14)10-22;1-5-20(2,3)19(22)23-21(4)12-9-14-13-6-11-7-16(14)18(21)17(8-11)15(13)10-12;5*1-2;;;;;;;;;;/h2*13-19H,6-12H2,1-5H3;2*12-19H,5-11H2,1-4H3;11-18H,5-10H2,1-4H3;5*1-2H3;10*1H4. The molecule has 0 aromatic heterocycles. The number of hydrogen-bond acceptors (Lipinski definition) is 12. The van der Waals surface area contributed by atoms with Crippen molar-refractivity contribution in [3.8, 4) is 0 Å². The van der Waals surface area contributed by atoms with Crippen LogP contribution in [0.2, 0.25) is 0 Å². The van der Waals surface area contributed by atoms with Crippen LogP contribution >= 0.6 is 0 Å². The average Bonchev–Trinajstić information content (AvgIpc) is 0.694. The highest BCUT2D eigenvalue weighted by atomic mass is 16.7. The summed E-state index contributed by atoms with van der Waals surface area (Å²) in [7, 11) is 0. The summed E-state index contributed by atoms with van der Waals surface area (Å²) in [6.45, 7) is 65.7. The quantitative estimate of drug-likeness (QED) is 0.0611. The molecule has 35 aliphatic carbocycles. The molecule has 0 radical (unpaired) electrons. The van der Waals surface area contributed by atoms with Gasteiger partial charge in [0.2, 0.25) is 12.6 Å². The first-order valence-corrected chi connectivity index (χ1v) is 58.4. The Morgan fingerprint density at radius 2 is 0.510 bits per heavy atom. The van der Waals surface area contributed by atoms with Crippen LogP contribution in [-0.2, 0) is 57.1 Å². The van der Waals surface area contributed by atoms with Crippen molar-refractivity contribution in [2.24, 2.45) is 251 Å². The third-order valence-electron chi connectivity index (χ3n) is 47.5. The zero-order valence-electron chi connectivity index (χ0n) is 91.4. The molecule has 0 N–H and O–H groups in total. The van der Waals surface area contributed by atoms with Gasteiger partial charge in [-0.3, -0.25) is 24.0 Å². The molecule has 0 aromatic rings. The summed E-state index contributed by atoms with van der Waals surface area (Å²) < 4.78 is 44.0. The fraction of sp³-hybridized carbons (Fsp3) is 0.962. The lowest BCUT2D eigenvalue weighted by Crippen LogP contribution is -2.73. The normalized spacial score (nSPS) is 44.1. The first-order valence-electron chi connectivity index (χ1n) is 58.4. The monoisotopic (exact) mass is 2010 g/mol. The van der Waals surface area contributed by atoms with Crippen molar-refractivity contribution in [2.75, 3.05) is 0 Å². The van der Waals surface area contributed by atoms with E-state index in [1.54, 1.807) is 0 Å². The summed E-state index contributed by atoms with van der Waals surface area (Å²) >= 11 is 0. The second kappa shape index (κ2) is 46.5. The van der Waals surface area contributed by atoms with E-state index in [-0.39, 0.29) is 159 Å². The maximum absolute atomic E-state index is 13.0. The largest absolute Gasteiger partial charge is 0.459 e. The van der Waals surface area contributed by atoms with Gasteiger partial charge >= 0.3 is 29.8 Å². The van der Waals surface area contributed by atoms with Crippen LogP contribution in [0.25, 0.3) is 0 Å². The predicted molar refractivity (Wildman–Crippen MR) is 602 cm³/mol. The summed E-state index contributed by atoms with van der Waals surface area (Å²) in [5, 5.41) is 0. The molecule has 40 bridgehead atoms. The number of rotatable bonds is 21. The number of carbonyl (C=O) groups excluding carboxylic acids is 5. The zero-order chi connectivity index (χ0) is 96.8. The molecule has 0 heterocycles. The average molecular weight is 2010 g/mol. The van der Waals surface area contributed by atoms with Crippen LogP contribution in [0.4, 0.5) is 0 Å². The van der Waals surface area contributed by atoms with Gasteiger partial charge in [-0.15, -0.1) is 0 Å². The van der Waals surface area contributed by atoms with E-state index in [2.05, 4.69) is 55.4 Å². The van der Waals surface area contributed by atoms with E-state index in [0.29, 0.717) is 11.8 Å². The Hall–Kier alpha value is -2.73. The van der Waals surface area contributed by atoms with E-state index in [4.69, 9.17) is 33.2 Å². The van der Waals surface area contributed by atoms with Gasteiger partial charge in [-0.2, -0.15) is 0 Å². The van der Waals surface area contributed by atoms with Crippen molar-refractivity contribution in [1.29, 1.82) is 0 Å². The van der Waals surface area contributed by atoms with Crippen LogP contribution in [-0.4, -0.2) is 70.4 Å². The van der Waals surface area contributed by atoms with Crippen LogP contribution < -0.4 is 0 Å². The van der Waals surface area contributed by atoms with Crippen LogP contribution in [0.5, 0.6) is 0 Å². The Morgan fingerprint density at radius 3 is 0.846 bits per heavy atom. The van der Waals surface area contributed by atoms with Crippen molar-refractivity contribution < 1.29 is 57.1 Å². The van der Waals surface area contributed by atoms with Crippen LogP contribution in [0.3, 0.4) is 0 Å². The lowest BCUT2D eigenvalue weighted by molar-refractivity contribution is -0.338. The summed E-state index contributed by atoms with van der Waals surface area (Å²) in [6, 6.07) is 0. The molecule has 0 aromatic carbocycles.